The summed E-state index contributed by atoms with van der Waals surface area (Å²) in [5.41, 5.74) is 9.08. The maximum Gasteiger partial charge on any atom is 0.193 e. The van der Waals surface area contributed by atoms with Crippen molar-refractivity contribution in [3.8, 4) is 5.75 Å². The van der Waals surface area contributed by atoms with Crippen molar-refractivity contribution in [1.82, 2.24) is 0 Å². The average molecular weight is 349 g/mol. The molecule has 3 rings (SSSR count). The number of hydrogen-bond acceptors (Lipinski definition) is 3. The molecule has 0 saturated heterocycles. The highest BCUT2D eigenvalue weighted by Gasteiger charge is 2.03. The van der Waals surface area contributed by atoms with Crippen LogP contribution < -0.4 is 15.8 Å². The molecule has 5 nitrogen and oxygen atoms in total. The second-order valence-corrected chi connectivity index (χ2v) is 5.96. The van der Waals surface area contributed by atoms with Crippen LogP contribution in [0.5, 0.6) is 5.75 Å². The molecule has 0 atom stereocenters. The number of anilines is 1. The van der Waals surface area contributed by atoms with Gasteiger partial charge in [-0.25, -0.2) is 4.99 Å². The van der Waals surface area contributed by atoms with Crippen LogP contribution in [0.15, 0.2) is 65.7 Å². The molecular weight excluding hydrogens is 326 g/mol. The molecule has 3 aromatic carbocycles. The molecule has 0 unspecified atom stereocenters. The van der Waals surface area contributed by atoms with Crippen LogP contribution in [-0.2, 0) is 17.9 Å². The largest absolute Gasteiger partial charge is 0.497 e. The number of nitrogens with two attached hydrogens (primary N) is 1. The van der Waals surface area contributed by atoms with E-state index >= 15 is 0 Å². The Labute approximate surface area is 153 Å². The molecule has 134 valence electrons. The van der Waals surface area contributed by atoms with Crippen LogP contribution in [0.4, 0.5) is 5.69 Å². The highest BCUT2D eigenvalue weighted by molar-refractivity contribution is 5.93. The molecule has 0 aromatic heterocycles. The summed E-state index contributed by atoms with van der Waals surface area (Å²) < 4.78 is 10.5. The van der Waals surface area contributed by atoms with E-state index in [1.54, 1.807) is 14.2 Å². The molecule has 5 heteroatoms. The Morgan fingerprint density at radius 1 is 1.00 bits per heavy atom. The summed E-state index contributed by atoms with van der Waals surface area (Å²) in [4.78, 5) is 4.45. The first-order valence-electron chi connectivity index (χ1n) is 8.40. The fourth-order valence-corrected chi connectivity index (χ4v) is 2.78. The normalized spacial score (nSPS) is 11.5. The Kier molecular flexibility index (Phi) is 5.71. The number of benzene rings is 3. The highest BCUT2D eigenvalue weighted by Crippen LogP contribution is 2.22. The second-order valence-electron chi connectivity index (χ2n) is 5.96. The summed E-state index contributed by atoms with van der Waals surface area (Å²) >= 11 is 0. The number of fused-ring (bicyclic) bond motifs is 1. The van der Waals surface area contributed by atoms with Crippen LogP contribution >= 0.6 is 0 Å². The molecular formula is C21H23N3O2. The molecule has 3 aromatic rings. The van der Waals surface area contributed by atoms with Crippen molar-refractivity contribution >= 4 is 22.4 Å². The second kappa shape index (κ2) is 8.36. The summed E-state index contributed by atoms with van der Waals surface area (Å²) in [6, 6.07) is 20.1. The lowest BCUT2D eigenvalue weighted by atomic mass is 10.1. The topological polar surface area (TPSA) is 68.9 Å². The minimum Gasteiger partial charge on any atom is -0.497 e. The van der Waals surface area contributed by atoms with Crippen LogP contribution in [0.2, 0.25) is 0 Å². The number of rotatable bonds is 6. The molecule has 0 aliphatic rings. The summed E-state index contributed by atoms with van der Waals surface area (Å²) in [7, 11) is 3.34. The summed E-state index contributed by atoms with van der Waals surface area (Å²) in [6.45, 7) is 1.03. The van der Waals surface area contributed by atoms with Crippen molar-refractivity contribution in [1.29, 1.82) is 0 Å². The quantitative estimate of drug-likeness (QED) is 0.523. The van der Waals surface area contributed by atoms with Gasteiger partial charge in [0.1, 0.15) is 5.75 Å². The maximum atomic E-state index is 6.05. The predicted octanol–water partition coefficient (Wildman–Crippen LogP) is 3.92. The fraction of sp³-hybridized carbons (Fsp3) is 0.190. The zero-order valence-corrected chi connectivity index (χ0v) is 15.0. The van der Waals surface area contributed by atoms with Gasteiger partial charge in [0.2, 0.25) is 0 Å². The van der Waals surface area contributed by atoms with E-state index in [-0.39, 0.29) is 0 Å². The van der Waals surface area contributed by atoms with Crippen LogP contribution in [-0.4, -0.2) is 20.2 Å². The number of nitrogens with one attached hydrogen (secondary N) is 1. The van der Waals surface area contributed by atoms with Gasteiger partial charge in [0, 0.05) is 18.4 Å². The SMILES string of the molecule is COCc1ccccc1NC(N)=NCc1ccc2cc(OC)ccc2c1. The standard InChI is InChI=1S/C21H23N3O2/c1-25-14-18-5-3-4-6-20(18)24-21(22)23-13-15-7-8-17-12-19(26-2)10-9-16(17)11-15/h3-12H,13-14H2,1-2H3,(H3,22,23,24). The molecule has 0 spiro atoms. The molecule has 26 heavy (non-hydrogen) atoms. The molecule has 0 saturated carbocycles. The molecule has 0 bridgehead atoms. The van der Waals surface area contributed by atoms with Gasteiger partial charge in [0.25, 0.3) is 0 Å². The lowest BCUT2D eigenvalue weighted by molar-refractivity contribution is 0.185. The maximum absolute atomic E-state index is 6.05. The number of ether oxygens (including phenoxy) is 2. The van der Waals surface area contributed by atoms with Crippen molar-refractivity contribution in [2.75, 3.05) is 19.5 Å². The van der Waals surface area contributed by atoms with Crippen molar-refractivity contribution in [2.45, 2.75) is 13.2 Å². The van der Waals surface area contributed by atoms with Crippen LogP contribution in [0.1, 0.15) is 11.1 Å². The van der Waals surface area contributed by atoms with E-state index in [9.17, 15) is 0 Å². The molecule has 0 amide bonds. The van der Waals surface area contributed by atoms with Crippen molar-refractivity contribution < 1.29 is 9.47 Å². The van der Waals surface area contributed by atoms with E-state index in [1.165, 1.54) is 0 Å². The summed E-state index contributed by atoms with van der Waals surface area (Å²) in [6.07, 6.45) is 0. The first-order chi connectivity index (χ1) is 12.7. The van der Waals surface area contributed by atoms with Gasteiger partial charge in [-0.1, -0.05) is 36.4 Å². The summed E-state index contributed by atoms with van der Waals surface area (Å²) in [5, 5.41) is 5.43. The third-order valence-corrected chi connectivity index (χ3v) is 4.12. The first kappa shape index (κ1) is 17.8. The lowest BCUT2D eigenvalue weighted by Gasteiger charge is -2.11. The zero-order valence-electron chi connectivity index (χ0n) is 15.0. The van der Waals surface area contributed by atoms with Gasteiger partial charge >= 0.3 is 0 Å². The van der Waals surface area contributed by atoms with Crippen molar-refractivity contribution in [3.05, 3.63) is 71.8 Å². The number of guanidine groups is 1. The van der Waals surface area contributed by atoms with Crippen LogP contribution in [0.3, 0.4) is 0 Å². The smallest absolute Gasteiger partial charge is 0.193 e. The molecule has 0 fully saturated rings. The van der Waals surface area contributed by atoms with Gasteiger partial charge in [-0.2, -0.15) is 0 Å². The molecule has 3 N–H and O–H groups in total. The Hall–Kier alpha value is -3.05. The van der Waals surface area contributed by atoms with Crippen LogP contribution in [0, 0.1) is 0 Å². The van der Waals surface area contributed by atoms with Gasteiger partial charge in [0.05, 0.1) is 20.3 Å². The average Bonchev–Trinajstić information content (AvgIpc) is 2.67. The Morgan fingerprint density at radius 2 is 1.77 bits per heavy atom. The number of hydrogen-bond donors (Lipinski definition) is 2. The van der Waals surface area contributed by atoms with Gasteiger partial charge in [-0.15, -0.1) is 0 Å². The van der Waals surface area contributed by atoms with E-state index in [1.807, 2.05) is 42.5 Å². The van der Waals surface area contributed by atoms with E-state index < -0.39 is 0 Å². The van der Waals surface area contributed by atoms with Gasteiger partial charge in [-0.05, 0) is 40.6 Å². The molecule has 0 aliphatic carbocycles. The molecule has 0 aliphatic heterocycles. The van der Waals surface area contributed by atoms with Gasteiger partial charge in [0.15, 0.2) is 5.96 Å². The van der Waals surface area contributed by atoms with Crippen molar-refractivity contribution in [2.24, 2.45) is 10.7 Å². The van der Waals surface area contributed by atoms with E-state index in [0.717, 1.165) is 33.3 Å². The Morgan fingerprint density at radius 3 is 2.58 bits per heavy atom. The third-order valence-electron chi connectivity index (χ3n) is 4.12. The fourth-order valence-electron chi connectivity index (χ4n) is 2.78. The van der Waals surface area contributed by atoms with E-state index in [2.05, 4.69) is 28.5 Å². The Bertz CT molecular complexity index is 922. The minimum atomic E-state index is 0.378. The van der Waals surface area contributed by atoms with Gasteiger partial charge < -0.3 is 20.5 Å². The lowest BCUT2D eigenvalue weighted by Crippen LogP contribution is -2.23. The van der Waals surface area contributed by atoms with E-state index in [4.69, 9.17) is 15.2 Å². The zero-order chi connectivity index (χ0) is 18.4. The van der Waals surface area contributed by atoms with Crippen LogP contribution in [0.25, 0.3) is 10.8 Å². The third kappa shape index (κ3) is 4.32. The summed E-state index contributed by atoms with van der Waals surface area (Å²) in [5.74, 6) is 1.23. The number of nitrogens with zero attached hydrogens (tertiary/aromatic N) is 1. The van der Waals surface area contributed by atoms with E-state index in [0.29, 0.717) is 19.1 Å². The minimum absolute atomic E-state index is 0.378. The first-order valence-corrected chi connectivity index (χ1v) is 8.40. The predicted molar refractivity (Wildman–Crippen MR) is 107 cm³/mol. The Balaban J connectivity index is 1.72. The van der Waals surface area contributed by atoms with Gasteiger partial charge in [-0.3, -0.25) is 0 Å². The number of methoxy groups -OCH3 is 2. The van der Waals surface area contributed by atoms with Crippen molar-refractivity contribution in [3.63, 3.8) is 0 Å². The molecule has 0 radical (unpaired) electrons. The molecule has 0 heterocycles. The highest BCUT2D eigenvalue weighted by atomic mass is 16.5. The monoisotopic (exact) mass is 349 g/mol. The number of aliphatic imine (C=N–C) groups is 1. The number of para-hydroxylation sites is 1.